The molecule has 0 radical (unpaired) electrons. The molecule has 2 unspecified atom stereocenters. The van der Waals surface area contributed by atoms with Crippen molar-refractivity contribution >= 4 is 22.6 Å². The highest BCUT2D eigenvalue weighted by Gasteiger charge is 2.17. The van der Waals surface area contributed by atoms with Crippen LogP contribution in [0.2, 0.25) is 0 Å². The Balaban J connectivity index is 2.73. The van der Waals surface area contributed by atoms with E-state index >= 15 is 0 Å². The van der Waals surface area contributed by atoms with Gasteiger partial charge in [-0.25, -0.2) is 0 Å². The topological polar surface area (TPSA) is 47.3 Å². The van der Waals surface area contributed by atoms with Gasteiger partial charge in [-0.1, -0.05) is 19.1 Å². The summed E-state index contributed by atoms with van der Waals surface area (Å²) in [4.78, 5) is 0. The molecule has 3 nitrogen and oxygen atoms in total. The number of halogens is 1. The number of rotatable bonds is 6. The highest BCUT2D eigenvalue weighted by Crippen LogP contribution is 2.24. The van der Waals surface area contributed by atoms with Gasteiger partial charge in [0.25, 0.3) is 0 Å². The fraction of sp³-hybridized carbons (Fsp3) is 0.500. The number of benzene rings is 1. The third-order valence-electron chi connectivity index (χ3n) is 2.73. The van der Waals surface area contributed by atoms with E-state index in [-0.39, 0.29) is 6.04 Å². The van der Waals surface area contributed by atoms with E-state index in [1.165, 1.54) is 9.13 Å². The normalized spacial score (nSPS) is 14.8. The molecule has 3 N–H and O–H groups in total. The Hall–Kier alpha value is -0.170. The third kappa shape index (κ3) is 4.01. The maximum atomic E-state index is 5.63. The molecule has 0 bridgehead atoms. The van der Waals surface area contributed by atoms with Crippen LogP contribution in [0.5, 0.6) is 0 Å². The number of ether oxygens (including phenoxy) is 1. The maximum Gasteiger partial charge on any atom is 0.0486 e. The Morgan fingerprint density at radius 1 is 1.50 bits per heavy atom. The number of hydrogen-bond acceptors (Lipinski definition) is 3. The highest BCUT2D eigenvalue weighted by atomic mass is 127. The van der Waals surface area contributed by atoms with Gasteiger partial charge in [0, 0.05) is 23.3 Å². The molecule has 1 aromatic carbocycles. The van der Waals surface area contributed by atoms with Crippen LogP contribution >= 0.6 is 22.6 Å². The fourth-order valence-electron chi connectivity index (χ4n) is 1.76. The number of nitrogens with two attached hydrogens (primary N) is 1. The Morgan fingerprint density at radius 3 is 2.81 bits per heavy atom. The molecule has 0 aromatic heterocycles. The summed E-state index contributed by atoms with van der Waals surface area (Å²) in [5.41, 5.74) is 4.13. The lowest BCUT2D eigenvalue weighted by atomic mass is 9.93. The van der Waals surface area contributed by atoms with Crippen LogP contribution in [0, 0.1) is 9.49 Å². The first-order valence-corrected chi connectivity index (χ1v) is 6.47. The standard InChI is InChI=1S/C12H19IN2O/c1-9(6-7-16-2)12(15-14)10-4-3-5-11(13)8-10/h3-5,8-9,12,15H,6-7,14H2,1-2H3. The van der Waals surface area contributed by atoms with Crippen molar-refractivity contribution in [3.05, 3.63) is 33.4 Å². The second-order valence-corrected chi connectivity index (χ2v) is 5.20. The Bertz CT molecular complexity index is 320. The largest absolute Gasteiger partial charge is 0.385 e. The quantitative estimate of drug-likeness (QED) is 0.477. The van der Waals surface area contributed by atoms with Crippen molar-refractivity contribution in [2.24, 2.45) is 11.8 Å². The van der Waals surface area contributed by atoms with Gasteiger partial charge in [0.2, 0.25) is 0 Å². The van der Waals surface area contributed by atoms with Crippen LogP contribution in [-0.2, 0) is 4.74 Å². The first-order valence-electron chi connectivity index (χ1n) is 5.39. The molecule has 16 heavy (non-hydrogen) atoms. The van der Waals surface area contributed by atoms with Gasteiger partial charge in [-0.15, -0.1) is 0 Å². The molecule has 0 heterocycles. The summed E-state index contributed by atoms with van der Waals surface area (Å²) in [5, 5.41) is 0. The van der Waals surface area contributed by atoms with Crippen molar-refractivity contribution in [3.63, 3.8) is 0 Å². The van der Waals surface area contributed by atoms with Crippen molar-refractivity contribution in [3.8, 4) is 0 Å². The van der Waals surface area contributed by atoms with Crippen LogP contribution in [0.15, 0.2) is 24.3 Å². The molecule has 2 atom stereocenters. The molecule has 90 valence electrons. The minimum absolute atomic E-state index is 0.185. The number of hydrogen-bond donors (Lipinski definition) is 2. The Morgan fingerprint density at radius 2 is 2.25 bits per heavy atom. The van der Waals surface area contributed by atoms with Crippen LogP contribution in [0.1, 0.15) is 24.9 Å². The maximum absolute atomic E-state index is 5.63. The minimum atomic E-state index is 0.185. The molecule has 0 aliphatic heterocycles. The summed E-state index contributed by atoms with van der Waals surface area (Å²) in [5.74, 6) is 6.08. The van der Waals surface area contributed by atoms with E-state index in [0.29, 0.717) is 5.92 Å². The molecule has 0 saturated carbocycles. The summed E-state index contributed by atoms with van der Waals surface area (Å²) < 4.78 is 6.33. The predicted molar refractivity (Wildman–Crippen MR) is 74.9 cm³/mol. The zero-order chi connectivity index (χ0) is 12.0. The smallest absolute Gasteiger partial charge is 0.0486 e. The summed E-state index contributed by atoms with van der Waals surface area (Å²) >= 11 is 2.31. The zero-order valence-electron chi connectivity index (χ0n) is 9.74. The number of methoxy groups -OCH3 is 1. The third-order valence-corrected chi connectivity index (χ3v) is 3.40. The van der Waals surface area contributed by atoms with Gasteiger partial charge in [0.15, 0.2) is 0 Å². The predicted octanol–water partition coefficient (Wildman–Crippen LogP) is 2.47. The van der Waals surface area contributed by atoms with E-state index in [0.717, 1.165) is 13.0 Å². The van der Waals surface area contributed by atoms with Gasteiger partial charge in [-0.3, -0.25) is 11.3 Å². The second kappa shape index (κ2) is 7.21. The molecule has 0 spiro atoms. The van der Waals surface area contributed by atoms with E-state index < -0.39 is 0 Å². The molecule has 0 fully saturated rings. The van der Waals surface area contributed by atoms with Crippen LogP contribution < -0.4 is 11.3 Å². The van der Waals surface area contributed by atoms with E-state index in [1.54, 1.807) is 7.11 Å². The lowest BCUT2D eigenvalue weighted by molar-refractivity contribution is 0.170. The van der Waals surface area contributed by atoms with Gasteiger partial charge in [-0.2, -0.15) is 0 Å². The van der Waals surface area contributed by atoms with Crippen LogP contribution in [-0.4, -0.2) is 13.7 Å². The van der Waals surface area contributed by atoms with Crippen LogP contribution in [0.3, 0.4) is 0 Å². The fourth-order valence-corrected chi connectivity index (χ4v) is 2.33. The van der Waals surface area contributed by atoms with E-state index in [2.05, 4.69) is 59.2 Å². The van der Waals surface area contributed by atoms with Gasteiger partial charge >= 0.3 is 0 Å². The highest BCUT2D eigenvalue weighted by molar-refractivity contribution is 14.1. The number of nitrogens with one attached hydrogen (secondary N) is 1. The van der Waals surface area contributed by atoms with Crippen molar-refractivity contribution < 1.29 is 4.74 Å². The zero-order valence-corrected chi connectivity index (χ0v) is 11.9. The van der Waals surface area contributed by atoms with Crippen molar-refractivity contribution in [2.75, 3.05) is 13.7 Å². The average Bonchev–Trinajstić information content (AvgIpc) is 2.27. The summed E-state index contributed by atoms with van der Waals surface area (Å²) in [7, 11) is 1.73. The monoisotopic (exact) mass is 334 g/mol. The molecule has 1 rings (SSSR count). The van der Waals surface area contributed by atoms with Gasteiger partial charge < -0.3 is 4.74 Å². The van der Waals surface area contributed by atoms with Gasteiger partial charge in [-0.05, 0) is 52.6 Å². The van der Waals surface area contributed by atoms with Crippen molar-refractivity contribution in [2.45, 2.75) is 19.4 Å². The molecule has 0 saturated heterocycles. The summed E-state index contributed by atoms with van der Waals surface area (Å²) in [6.45, 7) is 2.95. The Labute approximate surface area is 111 Å². The second-order valence-electron chi connectivity index (χ2n) is 3.96. The van der Waals surface area contributed by atoms with E-state index in [1.807, 2.05) is 0 Å². The van der Waals surface area contributed by atoms with Crippen molar-refractivity contribution in [1.29, 1.82) is 0 Å². The lowest BCUT2D eigenvalue weighted by Gasteiger charge is -2.23. The molecular formula is C12H19IN2O. The molecular weight excluding hydrogens is 315 g/mol. The van der Waals surface area contributed by atoms with Gasteiger partial charge in [0.05, 0.1) is 0 Å². The first-order chi connectivity index (χ1) is 7.69. The average molecular weight is 334 g/mol. The number of hydrazine groups is 1. The first kappa shape index (κ1) is 13.9. The SMILES string of the molecule is COCCC(C)C(NN)c1cccc(I)c1. The van der Waals surface area contributed by atoms with E-state index in [9.17, 15) is 0 Å². The van der Waals surface area contributed by atoms with Crippen molar-refractivity contribution in [1.82, 2.24) is 5.43 Å². The summed E-state index contributed by atoms with van der Waals surface area (Å²) in [6, 6.07) is 8.59. The molecule has 0 aliphatic rings. The molecule has 4 heteroatoms. The van der Waals surface area contributed by atoms with Gasteiger partial charge in [0.1, 0.15) is 0 Å². The van der Waals surface area contributed by atoms with Crippen LogP contribution in [0.25, 0.3) is 0 Å². The molecule has 0 amide bonds. The van der Waals surface area contributed by atoms with Crippen LogP contribution in [0.4, 0.5) is 0 Å². The summed E-state index contributed by atoms with van der Waals surface area (Å²) in [6.07, 6.45) is 0.997. The lowest BCUT2D eigenvalue weighted by Crippen LogP contribution is -2.33. The molecule has 0 aliphatic carbocycles. The Kier molecular flexibility index (Phi) is 6.26. The minimum Gasteiger partial charge on any atom is -0.385 e. The molecule has 1 aromatic rings. The van der Waals surface area contributed by atoms with E-state index in [4.69, 9.17) is 10.6 Å².